The monoisotopic (exact) mass is 332 g/mol. The molecular weight excluding hydrogens is 308 g/mol. The second kappa shape index (κ2) is 8.18. The number of aliphatic hydroxyl groups excluding tert-OH is 1. The molecule has 3 heterocycles. The van der Waals surface area contributed by atoms with Gasteiger partial charge in [-0.1, -0.05) is 0 Å². The van der Waals surface area contributed by atoms with Crippen LogP contribution in [0.1, 0.15) is 0 Å². The van der Waals surface area contributed by atoms with Gasteiger partial charge < -0.3 is 14.7 Å². The van der Waals surface area contributed by atoms with Crippen molar-refractivity contribution in [3.8, 4) is 0 Å². The van der Waals surface area contributed by atoms with Crippen molar-refractivity contribution in [2.24, 2.45) is 0 Å². The molecule has 1 aliphatic rings. The van der Waals surface area contributed by atoms with Crippen LogP contribution in [0.5, 0.6) is 0 Å². The minimum Gasteiger partial charge on any atom is -0.390 e. The van der Waals surface area contributed by atoms with Crippen LogP contribution in [0.2, 0.25) is 0 Å². The van der Waals surface area contributed by atoms with E-state index in [9.17, 15) is 5.11 Å². The van der Waals surface area contributed by atoms with Crippen molar-refractivity contribution in [2.45, 2.75) is 18.8 Å². The number of β-amino-alcohol motifs (C(OH)–C–C–N with tert-alkyl or cyclic N) is 1. The average Bonchev–Trinajstić information content (AvgIpc) is 3.08. The van der Waals surface area contributed by atoms with Gasteiger partial charge in [0.15, 0.2) is 5.82 Å². The number of likely N-dealkylation sites (N-methyl/N-ethyl adjacent to an activating group) is 1. The first-order valence-corrected chi connectivity index (χ1v) is 8.19. The van der Waals surface area contributed by atoms with Gasteiger partial charge in [0.2, 0.25) is 0 Å². The van der Waals surface area contributed by atoms with Gasteiger partial charge in [-0.15, -0.1) is 5.10 Å². The Kier molecular flexibility index (Phi) is 5.73. The number of hydrogen-bond acceptors (Lipinski definition) is 7. The van der Waals surface area contributed by atoms with E-state index in [1.54, 1.807) is 17.1 Å². The summed E-state index contributed by atoms with van der Waals surface area (Å²) in [6.45, 7) is 4.17. The predicted molar refractivity (Wildman–Crippen MR) is 89.7 cm³/mol. The second-order valence-corrected chi connectivity index (χ2v) is 6.10. The standard InChI is InChI=1S/C16H24N6O2/c1-20(16-4-2-5-17-19-16)12-15-13-21(8-9-24-15)10-14(23)11-22-7-3-6-18-22/h2-7,14-15,23H,8-13H2,1H3. The topological polar surface area (TPSA) is 79.5 Å². The Morgan fingerprint density at radius 2 is 2.29 bits per heavy atom. The molecule has 2 atom stereocenters. The number of hydrogen-bond donors (Lipinski definition) is 1. The fraction of sp³-hybridized carbons (Fsp3) is 0.562. The van der Waals surface area contributed by atoms with Crippen LogP contribution in [0, 0.1) is 0 Å². The van der Waals surface area contributed by atoms with Gasteiger partial charge in [-0.2, -0.15) is 10.2 Å². The summed E-state index contributed by atoms with van der Waals surface area (Å²) < 4.78 is 7.61. The number of aliphatic hydroxyl groups is 1. The number of anilines is 1. The summed E-state index contributed by atoms with van der Waals surface area (Å²) in [6, 6.07) is 5.67. The van der Waals surface area contributed by atoms with E-state index in [1.807, 2.05) is 36.3 Å². The van der Waals surface area contributed by atoms with Crippen molar-refractivity contribution in [3.63, 3.8) is 0 Å². The molecule has 0 aliphatic carbocycles. The van der Waals surface area contributed by atoms with Gasteiger partial charge in [-0.05, 0) is 18.2 Å². The Balaban J connectivity index is 1.47. The molecule has 2 unspecified atom stereocenters. The summed E-state index contributed by atoms with van der Waals surface area (Å²) in [7, 11) is 1.98. The van der Waals surface area contributed by atoms with E-state index in [0.717, 1.165) is 25.5 Å². The lowest BCUT2D eigenvalue weighted by atomic mass is 10.2. The Morgan fingerprint density at radius 3 is 3.04 bits per heavy atom. The number of aromatic nitrogens is 4. The SMILES string of the molecule is CN(CC1CN(CC(O)Cn2cccn2)CCO1)c1cccnn1. The van der Waals surface area contributed by atoms with Crippen LogP contribution in [0.25, 0.3) is 0 Å². The molecule has 24 heavy (non-hydrogen) atoms. The van der Waals surface area contributed by atoms with Gasteiger partial charge >= 0.3 is 0 Å². The Labute approximate surface area is 141 Å². The lowest BCUT2D eigenvalue weighted by Gasteiger charge is -2.35. The first kappa shape index (κ1) is 16.8. The molecular formula is C16H24N6O2. The summed E-state index contributed by atoms with van der Waals surface area (Å²) in [5.41, 5.74) is 0. The molecule has 3 rings (SSSR count). The van der Waals surface area contributed by atoms with Crippen molar-refractivity contribution in [1.82, 2.24) is 24.9 Å². The van der Waals surface area contributed by atoms with Crippen molar-refractivity contribution >= 4 is 5.82 Å². The summed E-state index contributed by atoms with van der Waals surface area (Å²) in [4.78, 5) is 4.29. The zero-order valence-electron chi connectivity index (χ0n) is 13.9. The maximum atomic E-state index is 10.2. The molecule has 2 aromatic rings. The van der Waals surface area contributed by atoms with Crippen LogP contribution in [-0.2, 0) is 11.3 Å². The average molecular weight is 332 g/mol. The highest BCUT2D eigenvalue weighted by Crippen LogP contribution is 2.11. The van der Waals surface area contributed by atoms with Crippen molar-refractivity contribution < 1.29 is 9.84 Å². The summed E-state index contributed by atoms with van der Waals surface area (Å²) in [6.07, 6.45) is 4.89. The van der Waals surface area contributed by atoms with Crippen LogP contribution in [-0.4, -0.2) is 82.0 Å². The van der Waals surface area contributed by atoms with Gasteiger partial charge in [0, 0.05) is 51.8 Å². The fourth-order valence-electron chi connectivity index (χ4n) is 2.93. The lowest BCUT2D eigenvalue weighted by Crippen LogP contribution is -2.49. The highest BCUT2D eigenvalue weighted by atomic mass is 16.5. The molecule has 1 N–H and O–H groups in total. The third kappa shape index (κ3) is 4.73. The molecule has 0 amide bonds. The summed E-state index contributed by atoms with van der Waals surface area (Å²) in [5, 5.41) is 22.4. The van der Waals surface area contributed by atoms with Crippen LogP contribution in [0.15, 0.2) is 36.8 Å². The summed E-state index contributed by atoms with van der Waals surface area (Å²) in [5.74, 6) is 0.831. The van der Waals surface area contributed by atoms with Crippen molar-refractivity contribution in [1.29, 1.82) is 0 Å². The first-order chi connectivity index (χ1) is 11.7. The third-order valence-electron chi connectivity index (χ3n) is 4.08. The van der Waals surface area contributed by atoms with E-state index < -0.39 is 6.10 Å². The summed E-state index contributed by atoms with van der Waals surface area (Å²) >= 11 is 0. The molecule has 0 bridgehead atoms. The number of ether oxygens (including phenoxy) is 1. The zero-order chi connectivity index (χ0) is 16.8. The normalized spacial score (nSPS) is 20.0. The minimum atomic E-state index is -0.443. The molecule has 8 nitrogen and oxygen atoms in total. The third-order valence-corrected chi connectivity index (χ3v) is 4.08. The maximum Gasteiger partial charge on any atom is 0.151 e. The molecule has 0 saturated carbocycles. The maximum absolute atomic E-state index is 10.2. The highest BCUT2D eigenvalue weighted by molar-refractivity contribution is 5.35. The van der Waals surface area contributed by atoms with Gasteiger partial charge in [-0.3, -0.25) is 9.58 Å². The van der Waals surface area contributed by atoms with Gasteiger partial charge in [0.25, 0.3) is 0 Å². The molecule has 1 saturated heterocycles. The molecule has 8 heteroatoms. The van der Waals surface area contributed by atoms with Gasteiger partial charge in [0.05, 0.1) is 25.4 Å². The van der Waals surface area contributed by atoms with E-state index in [-0.39, 0.29) is 6.10 Å². The molecule has 2 aromatic heterocycles. The van der Waals surface area contributed by atoms with Crippen LogP contribution >= 0.6 is 0 Å². The highest BCUT2D eigenvalue weighted by Gasteiger charge is 2.24. The predicted octanol–water partition coefficient (Wildman–Crippen LogP) is -0.129. The zero-order valence-corrected chi connectivity index (χ0v) is 13.9. The quantitative estimate of drug-likeness (QED) is 0.757. The number of morpholine rings is 1. The van der Waals surface area contributed by atoms with Gasteiger partial charge in [0.1, 0.15) is 0 Å². The van der Waals surface area contributed by atoms with Crippen LogP contribution < -0.4 is 4.90 Å². The molecule has 1 aliphatic heterocycles. The van der Waals surface area contributed by atoms with E-state index in [4.69, 9.17) is 4.74 Å². The van der Waals surface area contributed by atoms with Crippen molar-refractivity contribution in [3.05, 3.63) is 36.8 Å². The van der Waals surface area contributed by atoms with E-state index in [2.05, 4.69) is 20.2 Å². The number of nitrogens with zero attached hydrogens (tertiary/aromatic N) is 6. The Hall–Kier alpha value is -2.03. The van der Waals surface area contributed by atoms with E-state index >= 15 is 0 Å². The lowest BCUT2D eigenvalue weighted by molar-refractivity contribution is -0.0379. The second-order valence-electron chi connectivity index (χ2n) is 6.10. The van der Waals surface area contributed by atoms with Crippen LogP contribution in [0.3, 0.4) is 0 Å². The fourth-order valence-corrected chi connectivity index (χ4v) is 2.93. The molecule has 0 spiro atoms. The smallest absolute Gasteiger partial charge is 0.151 e. The van der Waals surface area contributed by atoms with E-state index in [0.29, 0.717) is 19.7 Å². The van der Waals surface area contributed by atoms with Crippen LogP contribution in [0.4, 0.5) is 5.82 Å². The Morgan fingerprint density at radius 1 is 1.38 bits per heavy atom. The minimum absolute atomic E-state index is 0.0858. The molecule has 0 aromatic carbocycles. The number of rotatable bonds is 7. The molecule has 0 radical (unpaired) electrons. The molecule has 130 valence electrons. The largest absolute Gasteiger partial charge is 0.390 e. The Bertz CT molecular complexity index is 594. The first-order valence-electron chi connectivity index (χ1n) is 8.19. The molecule has 1 fully saturated rings. The van der Waals surface area contributed by atoms with E-state index in [1.165, 1.54) is 0 Å². The van der Waals surface area contributed by atoms with Gasteiger partial charge in [-0.25, -0.2) is 0 Å². The van der Waals surface area contributed by atoms with Crippen molar-refractivity contribution in [2.75, 3.05) is 44.7 Å².